The molecule has 0 saturated heterocycles. The summed E-state index contributed by atoms with van der Waals surface area (Å²) in [5, 5.41) is 1.13. The van der Waals surface area contributed by atoms with Crippen LogP contribution in [-0.4, -0.2) is 41.2 Å². The summed E-state index contributed by atoms with van der Waals surface area (Å²) in [7, 11) is 0. The van der Waals surface area contributed by atoms with Gasteiger partial charge in [0.25, 0.3) is 5.91 Å². The Morgan fingerprint density at radius 2 is 1.07 bits per heavy atom. The number of halogens is 12. The summed E-state index contributed by atoms with van der Waals surface area (Å²) in [5.41, 5.74) is -6.81. The average molecular weight is 450 g/mol. The molecule has 1 saturated carbocycles. The Kier molecular flexibility index (Phi) is 4.90. The fraction of sp³-hybridized carbons (Fsp3) is 0.500. The molecule has 0 aromatic heterocycles. The third kappa shape index (κ3) is 2.43. The van der Waals surface area contributed by atoms with Gasteiger partial charge in [0.1, 0.15) is 0 Å². The minimum Gasteiger partial charge on any atom is -0.349 e. The van der Waals surface area contributed by atoms with Gasteiger partial charge in [0.2, 0.25) is 0 Å². The third-order valence-electron chi connectivity index (χ3n) is 4.12. The van der Waals surface area contributed by atoms with Gasteiger partial charge in [0, 0.05) is 11.6 Å². The van der Waals surface area contributed by atoms with Crippen molar-refractivity contribution in [2.24, 2.45) is 0 Å². The fourth-order valence-corrected chi connectivity index (χ4v) is 2.54. The van der Waals surface area contributed by atoms with Crippen molar-refractivity contribution in [2.45, 2.75) is 41.8 Å². The maximum Gasteiger partial charge on any atom is 0.384 e. The molecule has 0 spiro atoms. The van der Waals surface area contributed by atoms with Crippen LogP contribution in [-0.2, 0) is 11.3 Å². The van der Waals surface area contributed by atoms with Crippen molar-refractivity contribution in [3.05, 3.63) is 34.9 Å². The molecular formula is C14H7ClF11NO. The van der Waals surface area contributed by atoms with Crippen molar-refractivity contribution in [1.82, 2.24) is 5.32 Å². The summed E-state index contributed by atoms with van der Waals surface area (Å²) in [6.45, 7) is -1.07. The first kappa shape index (κ1) is 22.5. The van der Waals surface area contributed by atoms with Gasteiger partial charge in [-0.2, -0.15) is 43.9 Å². The average Bonchev–Trinajstić information content (AvgIpc) is 2.58. The molecule has 1 aliphatic rings. The van der Waals surface area contributed by atoms with E-state index in [1.807, 2.05) is 0 Å². The van der Waals surface area contributed by atoms with Gasteiger partial charge in [0.15, 0.2) is 0 Å². The van der Waals surface area contributed by atoms with Gasteiger partial charge in [0.05, 0.1) is 0 Å². The summed E-state index contributed by atoms with van der Waals surface area (Å²) in [4.78, 5) is 11.6. The first-order valence-corrected chi connectivity index (χ1v) is 7.38. The van der Waals surface area contributed by atoms with E-state index in [2.05, 4.69) is 0 Å². The SMILES string of the molecule is O=C(NCc1ccc(Cl)cc1)C1(F)C(F)(F)C(F)(F)C(F)(F)C(F)(F)C1(F)F. The highest BCUT2D eigenvalue weighted by Crippen LogP contribution is 2.69. The highest BCUT2D eigenvalue weighted by Gasteiger charge is 3.02. The second-order valence-corrected chi connectivity index (χ2v) is 6.28. The van der Waals surface area contributed by atoms with Crippen LogP contribution in [0.3, 0.4) is 0 Å². The number of hydrogen-bond acceptors (Lipinski definition) is 1. The number of benzene rings is 1. The van der Waals surface area contributed by atoms with Crippen molar-refractivity contribution in [3.63, 3.8) is 0 Å². The van der Waals surface area contributed by atoms with Gasteiger partial charge in [-0.05, 0) is 17.7 Å². The van der Waals surface area contributed by atoms with Crippen molar-refractivity contribution < 1.29 is 53.1 Å². The van der Waals surface area contributed by atoms with E-state index >= 15 is 0 Å². The van der Waals surface area contributed by atoms with Crippen LogP contribution in [0.2, 0.25) is 5.02 Å². The molecule has 0 bridgehead atoms. The fourth-order valence-electron chi connectivity index (χ4n) is 2.41. The van der Waals surface area contributed by atoms with Crippen LogP contribution >= 0.6 is 11.6 Å². The van der Waals surface area contributed by atoms with E-state index < -0.39 is 47.7 Å². The Balaban J connectivity index is 2.52. The summed E-state index contributed by atoms with van der Waals surface area (Å²) < 4.78 is 149. The predicted octanol–water partition coefficient (Wildman–Crippen LogP) is 4.85. The lowest BCUT2D eigenvalue weighted by Crippen LogP contribution is -2.86. The Morgan fingerprint density at radius 1 is 0.714 bits per heavy atom. The van der Waals surface area contributed by atoms with E-state index in [1.54, 1.807) is 0 Å². The number of rotatable bonds is 3. The molecule has 0 aliphatic heterocycles. The predicted molar refractivity (Wildman–Crippen MR) is 71.9 cm³/mol. The number of alkyl halides is 11. The van der Waals surface area contributed by atoms with Crippen LogP contribution in [0.25, 0.3) is 0 Å². The molecule has 1 fully saturated rings. The Hall–Kier alpha value is -1.79. The zero-order valence-corrected chi connectivity index (χ0v) is 13.7. The maximum atomic E-state index is 14.4. The lowest BCUT2D eigenvalue weighted by molar-refractivity contribution is -0.476. The summed E-state index contributed by atoms with van der Waals surface area (Å²) in [6.07, 6.45) is 0. The molecule has 1 aromatic rings. The molecule has 1 aromatic carbocycles. The van der Waals surface area contributed by atoms with Gasteiger partial charge in [-0.3, -0.25) is 4.79 Å². The van der Waals surface area contributed by atoms with E-state index in [4.69, 9.17) is 11.6 Å². The molecule has 2 rings (SSSR count). The second kappa shape index (κ2) is 6.10. The first-order chi connectivity index (χ1) is 12.4. The van der Waals surface area contributed by atoms with Crippen LogP contribution in [0.5, 0.6) is 0 Å². The number of carbonyl (C=O) groups excluding carboxylic acids is 1. The highest BCUT2D eigenvalue weighted by atomic mass is 35.5. The zero-order valence-electron chi connectivity index (χ0n) is 13.0. The van der Waals surface area contributed by atoms with Gasteiger partial charge < -0.3 is 5.32 Å². The summed E-state index contributed by atoms with van der Waals surface area (Å²) in [5.74, 6) is -39.7. The molecule has 158 valence electrons. The van der Waals surface area contributed by atoms with E-state index in [0.717, 1.165) is 29.6 Å². The Morgan fingerprint density at radius 3 is 1.46 bits per heavy atom. The van der Waals surface area contributed by atoms with E-state index in [-0.39, 0.29) is 10.6 Å². The van der Waals surface area contributed by atoms with Crippen molar-refractivity contribution in [3.8, 4) is 0 Å². The minimum absolute atomic E-state index is 0.115. The van der Waals surface area contributed by atoms with Crippen LogP contribution < -0.4 is 5.32 Å². The van der Waals surface area contributed by atoms with Gasteiger partial charge in [-0.1, -0.05) is 23.7 Å². The molecule has 0 unspecified atom stereocenters. The Labute approximate surface area is 153 Å². The number of nitrogens with one attached hydrogen (secondary N) is 1. The second-order valence-electron chi connectivity index (χ2n) is 5.84. The van der Waals surface area contributed by atoms with Gasteiger partial charge >= 0.3 is 35.3 Å². The largest absolute Gasteiger partial charge is 0.384 e. The maximum absolute atomic E-state index is 14.4. The van der Waals surface area contributed by atoms with Crippen molar-refractivity contribution >= 4 is 17.5 Å². The van der Waals surface area contributed by atoms with Crippen LogP contribution in [0.15, 0.2) is 24.3 Å². The molecule has 1 amide bonds. The van der Waals surface area contributed by atoms with Gasteiger partial charge in [-0.25, -0.2) is 4.39 Å². The molecule has 2 nitrogen and oxygen atoms in total. The number of amides is 1. The van der Waals surface area contributed by atoms with Crippen molar-refractivity contribution in [1.29, 1.82) is 0 Å². The number of hydrogen-bond donors (Lipinski definition) is 1. The quantitative estimate of drug-likeness (QED) is 0.657. The normalized spacial score (nSPS) is 25.7. The van der Waals surface area contributed by atoms with Gasteiger partial charge in [-0.15, -0.1) is 0 Å². The number of carbonyl (C=O) groups is 1. The highest BCUT2D eigenvalue weighted by molar-refractivity contribution is 6.30. The molecule has 0 heterocycles. The molecule has 0 radical (unpaired) electrons. The lowest BCUT2D eigenvalue weighted by atomic mass is 9.71. The van der Waals surface area contributed by atoms with Crippen molar-refractivity contribution in [2.75, 3.05) is 0 Å². The van der Waals surface area contributed by atoms with E-state index in [9.17, 15) is 53.1 Å². The molecule has 1 aliphatic carbocycles. The monoisotopic (exact) mass is 449 g/mol. The van der Waals surface area contributed by atoms with Crippen LogP contribution in [0.1, 0.15) is 5.56 Å². The van der Waals surface area contributed by atoms with E-state index in [1.165, 1.54) is 0 Å². The zero-order chi connectivity index (χ0) is 22.0. The minimum atomic E-state index is -7.36. The smallest absolute Gasteiger partial charge is 0.349 e. The summed E-state index contributed by atoms with van der Waals surface area (Å²) >= 11 is 5.50. The first-order valence-electron chi connectivity index (χ1n) is 7.00. The molecule has 28 heavy (non-hydrogen) atoms. The molecule has 0 atom stereocenters. The molecule has 1 N–H and O–H groups in total. The topological polar surface area (TPSA) is 29.1 Å². The molecular weight excluding hydrogens is 443 g/mol. The van der Waals surface area contributed by atoms with E-state index in [0.29, 0.717) is 0 Å². The molecule has 14 heteroatoms. The Bertz CT molecular complexity index is 748. The standard InChI is InChI=1S/C14H7ClF11NO/c15-7-3-1-6(2-4-7)5-27-8(28)9(16)10(17,18)12(21,22)14(25,26)13(23,24)11(9,19)20/h1-4H,5H2,(H,27,28). The van der Waals surface area contributed by atoms with Crippen LogP contribution in [0, 0.1) is 0 Å². The van der Waals surface area contributed by atoms with Crippen LogP contribution in [0.4, 0.5) is 48.3 Å². The summed E-state index contributed by atoms with van der Waals surface area (Å²) in [6, 6.07) is 4.39. The lowest BCUT2D eigenvalue weighted by Gasteiger charge is -2.51. The third-order valence-corrected chi connectivity index (χ3v) is 4.37.